The second kappa shape index (κ2) is 3.48. The minimum absolute atomic E-state index is 0.00711. The number of aryl methyl sites for hydroxylation is 1. The summed E-state index contributed by atoms with van der Waals surface area (Å²) in [4.78, 5) is 3.31. The van der Waals surface area contributed by atoms with E-state index in [2.05, 4.69) is 4.98 Å². The first-order chi connectivity index (χ1) is 6.62. The summed E-state index contributed by atoms with van der Waals surface area (Å²) in [6, 6.07) is 0.767. The van der Waals surface area contributed by atoms with Crippen LogP contribution in [0.5, 0.6) is 0 Å². The Morgan fingerprint density at radius 1 is 1.33 bits per heavy atom. The quantitative estimate of drug-likeness (QED) is 0.750. The molecule has 0 amide bonds. The minimum Gasteiger partial charge on any atom is -0.244 e. The van der Waals surface area contributed by atoms with E-state index in [0.717, 1.165) is 12.3 Å². The maximum absolute atomic E-state index is 12.2. The molecule has 0 fully saturated rings. The molecular formula is C8H8F3NO2S. The molecule has 0 aliphatic heterocycles. The van der Waals surface area contributed by atoms with Gasteiger partial charge >= 0.3 is 6.18 Å². The summed E-state index contributed by atoms with van der Waals surface area (Å²) in [7, 11) is -3.57. The standard InChI is InChI=1S/C8H8F3NO2S/c1-5-3-6(8(9,10)11)4-12-7(5)15(2,13)14/h3-4H,1-2H3. The van der Waals surface area contributed by atoms with Gasteiger partial charge in [0.15, 0.2) is 14.9 Å². The number of hydrogen-bond donors (Lipinski definition) is 0. The molecule has 0 saturated heterocycles. The van der Waals surface area contributed by atoms with Crippen molar-refractivity contribution < 1.29 is 21.6 Å². The molecule has 1 aromatic heterocycles. The highest BCUT2D eigenvalue weighted by molar-refractivity contribution is 7.90. The van der Waals surface area contributed by atoms with Crippen LogP contribution in [0.15, 0.2) is 17.3 Å². The van der Waals surface area contributed by atoms with Gasteiger partial charge in [-0.15, -0.1) is 0 Å². The van der Waals surface area contributed by atoms with Crippen LogP contribution in [-0.2, 0) is 16.0 Å². The van der Waals surface area contributed by atoms with Gasteiger partial charge in [-0.25, -0.2) is 13.4 Å². The molecule has 0 radical (unpaired) electrons. The number of sulfone groups is 1. The van der Waals surface area contributed by atoms with Gasteiger partial charge in [0.2, 0.25) is 0 Å². The van der Waals surface area contributed by atoms with Crippen LogP contribution in [0.4, 0.5) is 13.2 Å². The first-order valence-electron chi connectivity index (χ1n) is 3.86. The molecule has 0 spiro atoms. The second-order valence-electron chi connectivity index (χ2n) is 3.12. The van der Waals surface area contributed by atoms with Crippen LogP contribution in [0.2, 0.25) is 0 Å². The predicted molar refractivity (Wildman–Crippen MR) is 47.1 cm³/mol. The van der Waals surface area contributed by atoms with Crippen LogP contribution in [0.3, 0.4) is 0 Å². The number of hydrogen-bond acceptors (Lipinski definition) is 3. The lowest BCUT2D eigenvalue weighted by molar-refractivity contribution is -0.137. The van der Waals surface area contributed by atoms with Crippen molar-refractivity contribution in [2.24, 2.45) is 0 Å². The van der Waals surface area contributed by atoms with E-state index in [1.807, 2.05) is 0 Å². The van der Waals surface area contributed by atoms with Crippen molar-refractivity contribution >= 4 is 9.84 Å². The summed E-state index contributed by atoms with van der Waals surface area (Å²) in [6.07, 6.45) is -3.09. The highest BCUT2D eigenvalue weighted by Crippen LogP contribution is 2.30. The summed E-state index contributed by atoms with van der Waals surface area (Å²) in [5, 5.41) is -0.324. The maximum atomic E-state index is 12.2. The molecule has 0 N–H and O–H groups in total. The number of pyridine rings is 1. The van der Waals surface area contributed by atoms with Gasteiger partial charge in [-0.2, -0.15) is 13.2 Å². The molecule has 7 heteroatoms. The van der Waals surface area contributed by atoms with Gasteiger partial charge in [0.1, 0.15) is 0 Å². The van der Waals surface area contributed by atoms with Crippen molar-refractivity contribution in [2.45, 2.75) is 18.1 Å². The molecule has 0 unspecified atom stereocenters. The van der Waals surface area contributed by atoms with Gasteiger partial charge in [0, 0.05) is 12.5 Å². The second-order valence-corrected chi connectivity index (χ2v) is 5.05. The lowest BCUT2D eigenvalue weighted by Gasteiger charge is -2.08. The van der Waals surface area contributed by atoms with E-state index < -0.39 is 21.6 Å². The number of alkyl halides is 3. The fraction of sp³-hybridized carbons (Fsp3) is 0.375. The molecule has 0 saturated carbocycles. The molecule has 0 aliphatic carbocycles. The smallest absolute Gasteiger partial charge is 0.244 e. The Morgan fingerprint density at radius 3 is 2.20 bits per heavy atom. The first kappa shape index (κ1) is 12.0. The SMILES string of the molecule is Cc1cc(C(F)(F)F)cnc1S(C)(=O)=O. The highest BCUT2D eigenvalue weighted by Gasteiger charge is 2.31. The zero-order valence-electron chi connectivity index (χ0n) is 7.96. The Morgan fingerprint density at radius 2 is 1.87 bits per heavy atom. The van der Waals surface area contributed by atoms with E-state index in [1.54, 1.807) is 0 Å². The van der Waals surface area contributed by atoms with Crippen LogP contribution in [0, 0.1) is 6.92 Å². The van der Waals surface area contributed by atoms with E-state index in [9.17, 15) is 21.6 Å². The number of halogens is 3. The zero-order chi connectivity index (χ0) is 11.9. The number of rotatable bonds is 1. The summed E-state index contributed by atoms with van der Waals surface area (Å²) in [6.45, 7) is 1.28. The van der Waals surface area contributed by atoms with E-state index >= 15 is 0 Å². The van der Waals surface area contributed by atoms with Crippen LogP contribution >= 0.6 is 0 Å². The fourth-order valence-electron chi connectivity index (χ4n) is 1.11. The molecule has 1 rings (SSSR count). The Hall–Kier alpha value is -1.11. The lowest BCUT2D eigenvalue weighted by Crippen LogP contribution is -2.09. The number of aromatic nitrogens is 1. The van der Waals surface area contributed by atoms with Crippen LogP contribution in [0.25, 0.3) is 0 Å². The topological polar surface area (TPSA) is 47.0 Å². The summed E-state index contributed by atoms with van der Waals surface area (Å²) >= 11 is 0. The lowest BCUT2D eigenvalue weighted by atomic mass is 10.2. The molecule has 0 aromatic carbocycles. The monoisotopic (exact) mass is 239 g/mol. The van der Waals surface area contributed by atoms with Crippen molar-refractivity contribution in [3.63, 3.8) is 0 Å². The molecule has 1 aromatic rings. The Kier molecular flexibility index (Phi) is 2.77. The van der Waals surface area contributed by atoms with E-state index in [4.69, 9.17) is 0 Å². The maximum Gasteiger partial charge on any atom is 0.417 e. The van der Waals surface area contributed by atoms with Crippen LogP contribution in [0.1, 0.15) is 11.1 Å². The van der Waals surface area contributed by atoms with Crippen molar-refractivity contribution in [3.05, 3.63) is 23.4 Å². The zero-order valence-corrected chi connectivity index (χ0v) is 8.78. The summed E-state index contributed by atoms with van der Waals surface area (Å²) in [5.41, 5.74) is -0.959. The van der Waals surface area contributed by atoms with Gasteiger partial charge in [0.25, 0.3) is 0 Å². The summed E-state index contributed by atoms with van der Waals surface area (Å²) < 4.78 is 58.8. The van der Waals surface area contributed by atoms with Crippen LogP contribution < -0.4 is 0 Å². The van der Waals surface area contributed by atoms with Gasteiger partial charge in [-0.05, 0) is 18.6 Å². The molecule has 1 heterocycles. The molecule has 0 atom stereocenters. The Bertz CT molecular complexity index is 479. The van der Waals surface area contributed by atoms with Gasteiger partial charge in [-0.3, -0.25) is 0 Å². The van der Waals surface area contributed by atoms with Gasteiger partial charge in [0.05, 0.1) is 5.56 Å². The Labute approximate surface area is 84.9 Å². The number of nitrogens with zero attached hydrogens (tertiary/aromatic N) is 1. The molecule has 15 heavy (non-hydrogen) atoms. The largest absolute Gasteiger partial charge is 0.417 e. The summed E-state index contributed by atoms with van der Waals surface area (Å²) in [5.74, 6) is 0. The Balaban J connectivity index is 3.34. The van der Waals surface area contributed by atoms with Crippen molar-refractivity contribution in [1.82, 2.24) is 4.98 Å². The third-order valence-corrected chi connectivity index (χ3v) is 2.84. The van der Waals surface area contributed by atoms with Gasteiger partial charge < -0.3 is 0 Å². The molecule has 3 nitrogen and oxygen atoms in total. The predicted octanol–water partition coefficient (Wildman–Crippen LogP) is 1.81. The van der Waals surface area contributed by atoms with Crippen molar-refractivity contribution in [1.29, 1.82) is 0 Å². The van der Waals surface area contributed by atoms with E-state index in [-0.39, 0.29) is 10.6 Å². The fourth-order valence-corrected chi connectivity index (χ4v) is 1.99. The van der Waals surface area contributed by atoms with Crippen molar-refractivity contribution in [3.8, 4) is 0 Å². The van der Waals surface area contributed by atoms with Crippen molar-refractivity contribution in [2.75, 3.05) is 6.26 Å². The average molecular weight is 239 g/mol. The molecule has 0 bridgehead atoms. The van der Waals surface area contributed by atoms with E-state index in [1.165, 1.54) is 6.92 Å². The minimum atomic E-state index is -4.51. The molecule has 0 aliphatic rings. The highest BCUT2D eigenvalue weighted by atomic mass is 32.2. The van der Waals surface area contributed by atoms with Gasteiger partial charge in [-0.1, -0.05) is 0 Å². The van der Waals surface area contributed by atoms with E-state index in [0.29, 0.717) is 6.20 Å². The third-order valence-electron chi connectivity index (χ3n) is 1.71. The average Bonchev–Trinajstić information content (AvgIpc) is 1.99. The third kappa shape index (κ3) is 2.68. The van der Waals surface area contributed by atoms with Crippen LogP contribution in [-0.4, -0.2) is 19.7 Å². The molecular weight excluding hydrogens is 231 g/mol. The first-order valence-corrected chi connectivity index (χ1v) is 5.75. The molecule has 84 valence electrons. The normalized spacial score (nSPS) is 12.9.